The van der Waals surface area contributed by atoms with Crippen molar-refractivity contribution in [3.05, 3.63) is 54.1 Å². The molecule has 1 heterocycles. The molecule has 1 fully saturated rings. The molecule has 3 amide bonds. The first-order valence-corrected chi connectivity index (χ1v) is 14.4. The Morgan fingerprint density at radius 2 is 1.63 bits per heavy atom. The fourth-order valence-corrected chi connectivity index (χ4v) is 6.36. The molecule has 6 nitrogen and oxygen atoms in total. The summed E-state index contributed by atoms with van der Waals surface area (Å²) in [6.07, 6.45) is 7.71. The van der Waals surface area contributed by atoms with Crippen LogP contribution in [0, 0.1) is 23.7 Å². The van der Waals surface area contributed by atoms with E-state index in [2.05, 4.69) is 11.4 Å². The van der Waals surface area contributed by atoms with Gasteiger partial charge < -0.3 is 16.0 Å². The van der Waals surface area contributed by atoms with Crippen molar-refractivity contribution in [1.29, 1.82) is 0 Å². The number of hydrogen-bond acceptors (Lipinski definition) is 3. The minimum absolute atomic E-state index is 0.115. The lowest BCUT2D eigenvalue weighted by Gasteiger charge is -2.33. The second kappa shape index (κ2) is 12.6. The van der Waals surface area contributed by atoms with Gasteiger partial charge in [0.1, 0.15) is 6.04 Å². The average Bonchev–Trinajstić information content (AvgIpc) is 3.00. The number of carbonyl (C=O) groups excluding carboxylic acids is 3. The third kappa shape index (κ3) is 6.11. The predicted octanol–water partition coefficient (Wildman–Crippen LogP) is 6.00. The molecule has 0 spiro atoms. The Balaban J connectivity index is 1.74. The van der Waals surface area contributed by atoms with E-state index in [1.54, 1.807) is 0 Å². The largest absolute Gasteiger partial charge is 0.369 e. The number of nitrogens with one attached hydrogen (secondary N) is 1. The van der Waals surface area contributed by atoms with E-state index in [0.717, 1.165) is 41.6 Å². The molecular formula is C32H43N3O3. The van der Waals surface area contributed by atoms with Crippen LogP contribution in [0.15, 0.2) is 48.5 Å². The highest BCUT2D eigenvalue weighted by atomic mass is 16.2. The molecule has 2 aliphatic rings. The SMILES string of the molecule is CCC[C@H](C(N)=O)[C@@H](CC(C)C)C(=O)NC1C(=O)N(CC2CCCCC2)c2ccccc2-c2ccccc21. The lowest BCUT2D eigenvalue weighted by Crippen LogP contribution is -2.48. The molecule has 1 saturated carbocycles. The lowest BCUT2D eigenvalue weighted by atomic mass is 9.81. The molecule has 38 heavy (non-hydrogen) atoms. The molecule has 204 valence electrons. The second-order valence-corrected chi connectivity index (χ2v) is 11.5. The summed E-state index contributed by atoms with van der Waals surface area (Å²) in [6.45, 7) is 6.72. The Bertz CT molecular complexity index is 1140. The number of amides is 3. The van der Waals surface area contributed by atoms with Gasteiger partial charge in [0.05, 0.1) is 5.69 Å². The van der Waals surface area contributed by atoms with Gasteiger partial charge in [0, 0.05) is 23.9 Å². The summed E-state index contributed by atoms with van der Waals surface area (Å²) < 4.78 is 0. The molecule has 3 atom stereocenters. The van der Waals surface area contributed by atoms with Crippen LogP contribution < -0.4 is 16.0 Å². The van der Waals surface area contributed by atoms with Gasteiger partial charge in [-0.15, -0.1) is 0 Å². The van der Waals surface area contributed by atoms with Gasteiger partial charge in [0.2, 0.25) is 11.8 Å². The van der Waals surface area contributed by atoms with Gasteiger partial charge in [-0.25, -0.2) is 0 Å². The number of nitrogens with zero attached hydrogens (tertiary/aromatic N) is 1. The number of hydrogen-bond donors (Lipinski definition) is 2. The molecule has 0 radical (unpaired) electrons. The van der Waals surface area contributed by atoms with Crippen LogP contribution in [-0.4, -0.2) is 24.3 Å². The minimum Gasteiger partial charge on any atom is -0.369 e. The van der Waals surface area contributed by atoms with Gasteiger partial charge in [-0.05, 0) is 54.7 Å². The molecule has 0 aromatic heterocycles. The zero-order chi connectivity index (χ0) is 27.2. The Labute approximate surface area is 227 Å². The van der Waals surface area contributed by atoms with Gasteiger partial charge >= 0.3 is 0 Å². The summed E-state index contributed by atoms with van der Waals surface area (Å²) in [4.78, 5) is 42.6. The van der Waals surface area contributed by atoms with E-state index < -0.39 is 23.8 Å². The first kappa shape index (κ1) is 27.9. The van der Waals surface area contributed by atoms with Crippen molar-refractivity contribution in [2.24, 2.45) is 29.4 Å². The van der Waals surface area contributed by atoms with Gasteiger partial charge in [-0.1, -0.05) is 88.9 Å². The number of nitrogens with two attached hydrogens (primary N) is 1. The molecule has 0 saturated heterocycles. The number of fused-ring (bicyclic) bond motifs is 3. The highest BCUT2D eigenvalue weighted by molar-refractivity contribution is 6.06. The maximum atomic E-state index is 14.4. The van der Waals surface area contributed by atoms with E-state index in [0.29, 0.717) is 25.3 Å². The fraction of sp³-hybridized carbons (Fsp3) is 0.531. The Hall–Kier alpha value is -3.15. The van der Waals surface area contributed by atoms with E-state index in [1.165, 1.54) is 19.3 Å². The van der Waals surface area contributed by atoms with Crippen molar-refractivity contribution in [3.63, 3.8) is 0 Å². The average molecular weight is 518 g/mol. The summed E-state index contributed by atoms with van der Waals surface area (Å²) in [7, 11) is 0. The highest BCUT2D eigenvalue weighted by Crippen LogP contribution is 2.41. The van der Waals surface area contributed by atoms with Crippen LogP contribution >= 0.6 is 0 Å². The zero-order valence-electron chi connectivity index (χ0n) is 23.1. The molecule has 1 unspecified atom stereocenters. The molecular weight excluding hydrogens is 474 g/mol. The number of primary amides is 1. The minimum atomic E-state index is -0.834. The monoisotopic (exact) mass is 517 g/mol. The number of benzene rings is 2. The molecule has 2 aromatic rings. The van der Waals surface area contributed by atoms with Gasteiger partial charge in [-0.3, -0.25) is 14.4 Å². The Morgan fingerprint density at radius 1 is 0.974 bits per heavy atom. The van der Waals surface area contributed by atoms with Crippen LogP contribution in [0.2, 0.25) is 0 Å². The van der Waals surface area contributed by atoms with E-state index in [1.807, 2.05) is 68.1 Å². The van der Waals surface area contributed by atoms with E-state index in [-0.39, 0.29) is 17.7 Å². The normalized spacial score (nSPS) is 19.3. The van der Waals surface area contributed by atoms with Gasteiger partial charge in [0.15, 0.2) is 0 Å². The maximum absolute atomic E-state index is 14.4. The van der Waals surface area contributed by atoms with Crippen LogP contribution in [0.5, 0.6) is 0 Å². The standard InChI is InChI=1S/C32H43N3O3/c1-4-12-26(30(33)36)27(19-21(2)3)31(37)34-29-25-17-9-8-15-23(25)24-16-10-11-18-28(24)35(32(29)38)20-22-13-6-5-7-14-22/h8-11,15-18,21-22,26-27,29H,4-7,12-14,19-20H2,1-3H3,(H2,33,36)(H,34,37)/t26-,27+,29?/m0/s1. The van der Waals surface area contributed by atoms with Crippen LogP contribution in [-0.2, 0) is 14.4 Å². The highest BCUT2D eigenvalue weighted by Gasteiger charge is 2.39. The summed E-state index contributed by atoms with van der Waals surface area (Å²) in [5.74, 6) is -1.33. The Kier molecular flexibility index (Phi) is 9.24. The van der Waals surface area contributed by atoms with E-state index >= 15 is 0 Å². The van der Waals surface area contributed by atoms with Gasteiger partial charge in [-0.2, -0.15) is 0 Å². The third-order valence-corrected chi connectivity index (χ3v) is 8.23. The lowest BCUT2D eigenvalue weighted by molar-refractivity contribution is -0.136. The number of anilines is 1. The topological polar surface area (TPSA) is 92.5 Å². The second-order valence-electron chi connectivity index (χ2n) is 11.5. The van der Waals surface area contributed by atoms with Crippen molar-refractivity contribution >= 4 is 23.4 Å². The molecule has 4 rings (SSSR count). The van der Waals surface area contributed by atoms with Crippen molar-refractivity contribution < 1.29 is 14.4 Å². The number of rotatable bonds is 10. The molecule has 6 heteroatoms. The third-order valence-electron chi connectivity index (χ3n) is 8.23. The van der Waals surface area contributed by atoms with Crippen molar-refractivity contribution in [3.8, 4) is 11.1 Å². The van der Waals surface area contributed by atoms with Crippen molar-refractivity contribution in [1.82, 2.24) is 5.32 Å². The summed E-state index contributed by atoms with van der Waals surface area (Å²) >= 11 is 0. The first-order valence-electron chi connectivity index (χ1n) is 14.4. The van der Waals surface area contributed by atoms with Crippen molar-refractivity contribution in [2.75, 3.05) is 11.4 Å². The quantitative estimate of drug-likeness (QED) is 0.405. The molecule has 0 bridgehead atoms. The first-order chi connectivity index (χ1) is 18.3. The summed E-state index contributed by atoms with van der Waals surface area (Å²) in [5.41, 5.74) is 9.43. The van der Waals surface area contributed by atoms with E-state index in [4.69, 9.17) is 5.73 Å². The molecule has 2 aromatic carbocycles. The van der Waals surface area contributed by atoms with E-state index in [9.17, 15) is 14.4 Å². The molecule has 1 aliphatic heterocycles. The number of para-hydroxylation sites is 1. The van der Waals surface area contributed by atoms with Crippen LogP contribution in [0.25, 0.3) is 11.1 Å². The predicted molar refractivity (Wildman–Crippen MR) is 152 cm³/mol. The van der Waals surface area contributed by atoms with Crippen LogP contribution in [0.1, 0.15) is 83.7 Å². The Morgan fingerprint density at radius 3 is 2.29 bits per heavy atom. The molecule has 3 N–H and O–H groups in total. The van der Waals surface area contributed by atoms with Gasteiger partial charge in [0.25, 0.3) is 5.91 Å². The summed E-state index contributed by atoms with van der Waals surface area (Å²) in [5, 5.41) is 3.13. The molecule has 1 aliphatic carbocycles. The van der Waals surface area contributed by atoms with Crippen molar-refractivity contribution in [2.45, 2.75) is 78.2 Å². The number of carbonyl (C=O) groups is 3. The zero-order valence-corrected chi connectivity index (χ0v) is 23.1. The van der Waals surface area contributed by atoms with Crippen LogP contribution in [0.3, 0.4) is 0 Å². The summed E-state index contributed by atoms with van der Waals surface area (Å²) in [6, 6.07) is 15.1. The maximum Gasteiger partial charge on any atom is 0.254 e. The fourth-order valence-electron chi connectivity index (χ4n) is 6.36. The smallest absolute Gasteiger partial charge is 0.254 e. The van der Waals surface area contributed by atoms with Crippen LogP contribution in [0.4, 0.5) is 5.69 Å².